The van der Waals surface area contributed by atoms with E-state index in [1.54, 1.807) is 11.3 Å². The molecular weight excluding hydrogens is 304 g/mol. The zero-order valence-electron chi connectivity index (χ0n) is 14.9. The highest BCUT2D eigenvalue weighted by atomic mass is 32.1. The first-order valence-corrected chi connectivity index (χ1v) is 8.94. The van der Waals surface area contributed by atoms with Crippen LogP contribution in [0.25, 0.3) is 0 Å². The fourth-order valence-electron chi connectivity index (χ4n) is 2.67. The Morgan fingerprint density at radius 2 is 1.87 bits per heavy atom. The largest absolute Gasteiger partial charge is 0.491 e. The third-order valence-corrected chi connectivity index (χ3v) is 5.02. The summed E-state index contributed by atoms with van der Waals surface area (Å²) in [5.41, 5.74) is 2.62. The van der Waals surface area contributed by atoms with Gasteiger partial charge in [0.25, 0.3) is 0 Å². The lowest BCUT2D eigenvalue weighted by Gasteiger charge is -2.24. The van der Waals surface area contributed by atoms with Gasteiger partial charge in [-0.15, -0.1) is 11.3 Å². The zero-order chi connectivity index (χ0) is 17.2. The Bertz CT molecular complexity index is 695. The number of carbonyl (C=O) groups excluding carboxylic acids is 1. The number of Topliss-reactive ketones (excluding diaryl/α,β-unsaturated/α-hetero) is 1. The van der Waals surface area contributed by atoms with Crippen LogP contribution in [0.4, 0.5) is 0 Å². The molecule has 1 aromatic heterocycles. The SMILES string of the molecule is Cc1cc(OC(C)C)ccc1C(=O)C(C)(C)Cc1sccc1C. The molecule has 2 nitrogen and oxygen atoms in total. The lowest BCUT2D eigenvalue weighted by atomic mass is 9.79. The van der Waals surface area contributed by atoms with Crippen molar-refractivity contribution in [2.24, 2.45) is 5.41 Å². The zero-order valence-corrected chi connectivity index (χ0v) is 15.7. The molecule has 0 fully saturated rings. The number of ketones is 1. The highest BCUT2D eigenvalue weighted by Gasteiger charge is 2.30. The standard InChI is InChI=1S/C20H26O2S/c1-13(2)22-16-7-8-17(15(4)11-16)19(21)20(5,6)12-18-14(3)9-10-23-18/h7-11,13H,12H2,1-6H3. The Kier molecular flexibility index (Phi) is 5.30. The highest BCUT2D eigenvalue weighted by molar-refractivity contribution is 7.10. The van der Waals surface area contributed by atoms with Gasteiger partial charge in [-0.1, -0.05) is 13.8 Å². The summed E-state index contributed by atoms with van der Waals surface area (Å²) in [5, 5.41) is 2.09. The van der Waals surface area contributed by atoms with Gasteiger partial charge in [0.1, 0.15) is 5.75 Å². The molecule has 0 N–H and O–H groups in total. The lowest BCUT2D eigenvalue weighted by Crippen LogP contribution is -2.27. The Morgan fingerprint density at radius 3 is 2.39 bits per heavy atom. The minimum Gasteiger partial charge on any atom is -0.491 e. The second-order valence-electron chi connectivity index (χ2n) is 7.06. The van der Waals surface area contributed by atoms with Crippen LogP contribution in [0, 0.1) is 19.3 Å². The van der Waals surface area contributed by atoms with Crippen LogP contribution < -0.4 is 4.74 Å². The van der Waals surface area contributed by atoms with Gasteiger partial charge in [-0.3, -0.25) is 4.79 Å². The van der Waals surface area contributed by atoms with Crippen LogP contribution >= 0.6 is 11.3 Å². The Balaban J connectivity index is 2.23. The topological polar surface area (TPSA) is 26.3 Å². The maximum absolute atomic E-state index is 13.0. The number of thiophene rings is 1. The number of ether oxygens (including phenoxy) is 1. The van der Waals surface area contributed by atoms with E-state index >= 15 is 0 Å². The molecule has 0 unspecified atom stereocenters. The molecule has 0 aliphatic rings. The molecule has 0 aliphatic heterocycles. The van der Waals surface area contributed by atoms with Crippen molar-refractivity contribution in [3.63, 3.8) is 0 Å². The van der Waals surface area contributed by atoms with Crippen LogP contribution in [0.3, 0.4) is 0 Å². The predicted molar refractivity (Wildman–Crippen MR) is 97.8 cm³/mol. The van der Waals surface area contributed by atoms with E-state index < -0.39 is 5.41 Å². The first kappa shape index (κ1) is 17.7. The van der Waals surface area contributed by atoms with E-state index in [0.29, 0.717) is 0 Å². The van der Waals surface area contributed by atoms with E-state index in [1.807, 2.05) is 52.8 Å². The Labute approximate surface area is 143 Å². The first-order chi connectivity index (χ1) is 10.7. The molecular formula is C20H26O2S. The summed E-state index contributed by atoms with van der Waals surface area (Å²) in [6, 6.07) is 7.87. The number of rotatable bonds is 6. The normalized spacial score (nSPS) is 11.8. The minimum atomic E-state index is -0.416. The predicted octanol–water partition coefficient (Wildman–Crippen LogP) is 5.60. The van der Waals surface area contributed by atoms with Crippen LogP contribution in [0.2, 0.25) is 0 Å². The molecule has 2 aromatic rings. The van der Waals surface area contributed by atoms with Crippen molar-refractivity contribution in [2.75, 3.05) is 0 Å². The van der Waals surface area contributed by atoms with Crippen molar-refractivity contribution in [1.29, 1.82) is 0 Å². The summed E-state index contributed by atoms with van der Waals surface area (Å²) < 4.78 is 5.71. The summed E-state index contributed by atoms with van der Waals surface area (Å²) in [4.78, 5) is 14.3. The molecule has 0 spiro atoms. The Morgan fingerprint density at radius 1 is 1.17 bits per heavy atom. The van der Waals surface area contributed by atoms with E-state index in [9.17, 15) is 4.79 Å². The number of hydrogen-bond donors (Lipinski definition) is 0. The molecule has 0 saturated heterocycles. The maximum Gasteiger partial charge on any atom is 0.169 e. The van der Waals surface area contributed by atoms with Gasteiger partial charge in [-0.2, -0.15) is 0 Å². The van der Waals surface area contributed by atoms with E-state index in [1.165, 1.54) is 10.4 Å². The van der Waals surface area contributed by atoms with Gasteiger partial charge >= 0.3 is 0 Å². The first-order valence-electron chi connectivity index (χ1n) is 8.06. The van der Waals surface area contributed by atoms with Crippen LogP contribution in [-0.4, -0.2) is 11.9 Å². The van der Waals surface area contributed by atoms with Crippen molar-refractivity contribution < 1.29 is 9.53 Å². The molecule has 0 amide bonds. The summed E-state index contributed by atoms with van der Waals surface area (Å²) in [6.45, 7) is 12.2. The molecule has 0 saturated carbocycles. The van der Waals surface area contributed by atoms with Gasteiger partial charge in [-0.25, -0.2) is 0 Å². The van der Waals surface area contributed by atoms with Gasteiger partial charge < -0.3 is 4.74 Å². The van der Waals surface area contributed by atoms with Crippen molar-refractivity contribution in [1.82, 2.24) is 0 Å². The van der Waals surface area contributed by atoms with Crippen molar-refractivity contribution >= 4 is 17.1 Å². The minimum absolute atomic E-state index is 0.134. The van der Waals surface area contributed by atoms with E-state index in [4.69, 9.17) is 4.74 Å². The van der Waals surface area contributed by atoms with Gasteiger partial charge in [0.05, 0.1) is 6.10 Å². The van der Waals surface area contributed by atoms with Gasteiger partial charge in [-0.05, 0) is 74.9 Å². The third kappa shape index (κ3) is 4.23. The third-order valence-electron chi connectivity index (χ3n) is 4.00. The number of carbonyl (C=O) groups is 1. The molecule has 2 rings (SSSR count). The van der Waals surface area contributed by atoms with E-state index in [0.717, 1.165) is 23.3 Å². The number of hydrogen-bond acceptors (Lipinski definition) is 3. The second-order valence-corrected chi connectivity index (χ2v) is 8.06. The lowest BCUT2D eigenvalue weighted by molar-refractivity contribution is 0.0838. The fraction of sp³-hybridized carbons (Fsp3) is 0.450. The van der Waals surface area contributed by atoms with Crippen LogP contribution in [0.5, 0.6) is 5.75 Å². The Hall–Kier alpha value is -1.61. The van der Waals surface area contributed by atoms with Crippen LogP contribution in [-0.2, 0) is 6.42 Å². The second kappa shape index (κ2) is 6.88. The summed E-state index contributed by atoms with van der Waals surface area (Å²) in [7, 11) is 0. The molecule has 3 heteroatoms. The number of benzene rings is 1. The highest BCUT2D eigenvalue weighted by Crippen LogP contribution is 2.32. The molecule has 1 heterocycles. The van der Waals surface area contributed by atoms with Gasteiger partial charge in [0, 0.05) is 15.9 Å². The number of aryl methyl sites for hydroxylation is 2. The molecule has 0 aliphatic carbocycles. The molecule has 23 heavy (non-hydrogen) atoms. The van der Waals surface area contributed by atoms with Gasteiger partial charge in [0.2, 0.25) is 0 Å². The molecule has 124 valence electrons. The quantitative estimate of drug-likeness (QED) is 0.644. The maximum atomic E-state index is 13.0. The van der Waals surface area contributed by atoms with Crippen molar-refractivity contribution in [3.05, 3.63) is 51.2 Å². The summed E-state index contributed by atoms with van der Waals surface area (Å²) >= 11 is 1.73. The van der Waals surface area contributed by atoms with Crippen LogP contribution in [0.15, 0.2) is 29.6 Å². The summed E-state index contributed by atoms with van der Waals surface area (Å²) in [5.74, 6) is 1.01. The molecule has 1 aromatic carbocycles. The van der Waals surface area contributed by atoms with Gasteiger partial charge in [0.15, 0.2) is 5.78 Å². The molecule has 0 radical (unpaired) electrons. The fourth-order valence-corrected chi connectivity index (χ4v) is 3.80. The molecule has 0 bridgehead atoms. The average molecular weight is 330 g/mol. The van der Waals surface area contributed by atoms with E-state index in [-0.39, 0.29) is 11.9 Å². The average Bonchev–Trinajstić information content (AvgIpc) is 2.82. The molecule has 0 atom stereocenters. The van der Waals surface area contributed by atoms with Crippen molar-refractivity contribution in [3.8, 4) is 5.75 Å². The monoisotopic (exact) mass is 330 g/mol. The summed E-state index contributed by atoms with van der Waals surface area (Å²) in [6.07, 6.45) is 0.910. The van der Waals surface area contributed by atoms with E-state index in [2.05, 4.69) is 18.4 Å². The smallest absolute Gasteiger partial charge is 0.169 e. The van der Waals surface area contributed by atoms with Crippen LogP contribution in [0.1, 0.15) is 54.1 Å². The van der Waals surface area contributed by atoms with Crippen molar-refractivity contribution in [2.45, 2.75) is 54.1 Å².